The van der Waals surface area contributed by atoms with Crippen molar-refractivity contribution in [3.05, 3.63) is 56.0 Å². The van der Waals surface area contributed by atoms with E-state index in [1.165, 1.54) is 0 Å². The van der Waals surface area contributed by atoms with Crippen molar-refractivity contribution in [3.8, 4) is 22.6 Å². The van der Waals surface area contributed by atoms with Crippen LogP contribution in [0.4, 0.5) is 0 Å². The van der Waals surface area contributed by atoms with Crippen LogP contribution < -0.4 is 5.56 Å². The number of H-pyrrole nitrogens is 1. The van der Waals surface area contributed by atoms with Crippen molar-refractivity contribution >= 4 is 32.9 Å². The van der Waals surface area contributed by atoms with E-state index in [0.717, 1.165) is 31.5 Å². The molecular formula is C17H13N3OS2. The van der Waals surface area contributed by atoms with Gasteiger partial charge < -0.3 is 4.98 Å². The van der Waals surface area contributed by atoms with E-state index in [9.17, 15) is 4.79 Å². The van der Waals surface area contributed by atoms with E-state index in [2.05, 4.69) is 15.0 Å². The molecule has 23 heavy (non-hydrogen) atoms. The summed E-state index contributed by atoms with van der Waals surface area (Å²) in [6.07, 6.45) is 0. The topological polar surface area (TPSA) is 58.6 Å². The number of hydrogen-bond acceptors (Lipinski definition) is 5. The van der Waals surface area contributed by atoms with Gasteiger partial charge in [-0.1, -0.05) is 30.3 Å². The van der Waals surface area contributed by atoms with Gasteiger partial charge in [-0.05, 0) is 19.4 Å². The molecule has 6 heteroatoms. The first-order valence-electron chi connectivity index (χ1n) is 7.15. The second-order valence-corrected chi connectivity index (χ2v) is 7.51. The molecule has 3 aromatic heterocycles. The molecule has 4 rings (SSSR count). The summed E-state index contributed by atoms with van der Waals surface area (Å²) in [5.41, 5.74) is 2.62. The summed E-state index contributed by atoms with van der Waals surface area (Å²) in [7, 11) is 0. The lowest BCUT2D eigenvalue weighted by atomic mass is 10.0. The van der Waals surface area contributed by atoms with Crippen molar-refractivity contribution in [1.82, 2.24) is 15.0 Å². The summed E-state index contributed by atoms with van der Waals surface area (Å²) in [6, 6.07) is 9.97. The standard InChI is InChI=1S/C17H13N3OS2/c1-9-13(11-6-4-3-5-7-11)14-16(21)19-15(20-17(14)23-9)12-8-22-10(2)18-12/h3-8H,1-2H3,(H,19,20,21). The molecule has 1 N–H and O–H groups in total. The first-order chi connectivity index (χ1) is 11.1. The zero-order valence-electron chi connectivity index (χ0n) is 12.6. The monoisotopic (exact) mass is 339 g/mol. The van der Waals surface area contributed by atoms with Gasteiger partial charge in [0.2, 0.25) is 0 Å². The summed E-state index contributed by atoms with van der Waals surface area (Å²) in [5, 5.41) is 3.53. The number of aromatic amines is 1. The zero-order chi connectivity index (χ0) is 16.0. The SMILES string of the molecule is Cc1nc(-c2nc3sc(C)c(-c4ccccc4)c3c(=O)[nH]2)cs1. The van der Waals surface area contributed by atoms with Crippen molar-refractivity contribution in [2.75, 3.05) is 0 Å². The summed E-state index contributed by atoms with van der Waals surface area (Å²) in [4.78, 5) is 26.5. The fourth-order valence-electron chi connectivity index (χ4n) is 2.66. The number of benzene rings is 1. The van der Waals surface area contributed by atoms with E-state index in [-0.39, 0.29) is 5.56 Å². The molecule has 0 spiro atoms. The average Bonchev–Trinajstić information content (AvgIpc) is 3.11. The van der Waals surface area contributed by atoms with E-state index in [4.69, 9.17) is 0 Å². The molecule has 0 amide bonds. The Kier molecular flexibility index (Phi) is 3.36. The number of aromatic nitrogens is 3. The van der Waals surface area contributed by atoms with Gasteiger partial charge >= 0.3 is 0 Å². The Hall–Kier alpha value is -2.31. The maximum absolute atomic E-state index is 12.7. The maximum atomic E-state index is 12.7. The molecule has 0 radical (unpaired) electrons. The van der Waals surface area contributed by atoms with Crippen molar-refractivity contribution in [2.45, 2.75) is 13.8 Å². The molecule has 0 aliphatic carbocycles. The fraction of sp³-hybridized carbons (Fsp3) is 0.118. The van der Waals surface area contributed by atoms with Crippen LogP contribution in [0.1, 0.15) is 9.88 Å². The van der Waals surface area contributed by atoms with Gasteiger partial charge in [-0.3, -0.25) is 4.79 Å². The molecule has 1 aromatic carbocycles. The molecule has 0 aliphatic heterocycles. The van der Waals surface area contributed by atoms with E-state index >= 15 is 0 Å². The second kappa shape index (κ2) is 5.40. The molecule has 4 nitrogen and oxygen atoms in total. The molecular weight excluding hydrogens is 326 g/mol. The molecule has 0 saturated heterocycles. The number of rotatable bonds is 2. The van der Waals surface area contributed by atoms with Crippen LogP contribution in [0, 0.1) is 13.8 Å². The minimum absolute atomic E-state index is 0.112. The average molecular weight is 339 g/mol. The third-order valence-corrected chi connectivity index (χ3v) is 5.43. The molecule has 0 aliphatic rings. The summed E-state index contributed by atoms with van der Waals surface area (Å²) in [6.45, 7) is 3.97. The zero-order valence-corrected chi connectivity index (χ0v) is 14.2. The second-order valence-electron chi connectivity index (χ2n) is 5.25. The molecule has 0 fully saturated rings. The smallest absolute Gasteiger partial charge is 0.260 e. The van der Waals surface area contributed by atoms with Crippen LogP contribution in [0.5, 0.6) is 0 Å². The third kappa shape index (κ3) is 2.40. The first kappa shape index (κ1) is 14.3. The lowest BCUT2D eigenvalue weighted by Gasteiger charge is -2.01. The van der Waals surface area contributed by atoms with Gasteiger partial charge in [0.1, 0.15) is 10.5 Å². The molecule has 3 heterocycles. The first-order valence-corrected chi connectivity index (χ1v) is 8.84. The highest BCUT2D eigenvalue weighted by Gasteiger charge is 2.17. The van der Waals surface area contributed by atoms with Gasteiger partial charge in [0, 0.05) is 15.8 Å². The highest BCUT2D eigenvalue weighted by molar-refractivity contribution is 7.19. The van der Waals surface area contributed by atoms with Crippen LogP contribution in [0.2, 0.25) is 0 Å². The molecule has 0 atom stereocenters. The number of thiazole rings is 1. The number of nitrogens with zero attached hydrogens (tertiary/aromatic N) is 2. The fourth-order valence-corrected chi connectivity index (χ4v) is 4.31. The number of thiophene rings is 1. The number of aryl methyl sites for hydroxylation is 2. The van der Waals surface area contributed by atoms with Crippen LogP contribution >= 0.6 is 22.7 Å². The van der Waals surface area contributed by atoms with Crippen LogP contribution in [-0.4, -0.2) is 15.0 Å². The lowest BCUT2D eigenvalue weighted by Crippen LogP contribution is -2.09. The summed E-state index contributed by atoms with van der Waals surface area (Å²) < 4.78 is 0. The minimum Gasteiger partial charge on any atom is -0.305 e. The Morgan fingerprint density at radius 3 is 2.57 bits per heavy atom. The Bertz CT molecular complexity index is 1060. The van der Waals surface area contributed by atoms with E-state index in [0.29, 0.717) is 11.2 Å². The molecule has 114 valence electrons. The van der Waals surface area contributed by atoms with Gasteiger partial charge in [0.15, 0.2) is 5.82 Å². The Balaban J connectivity index is 1.99. The van der Waals surface area contributed by atoms with Crippen molar-refractivity contribution in [1.29, 1.82) is 0 Å². The van der Waals surface area contributed by atoms with Gasteiger partial charge in [-0.2, -0.15) is 0 Å². The molecule has 4 aromatic rings. The van der Waals surface area contributed by atoms with E-state index in [1.807, 2.05) is 49.6 Å². The highest BCUT2D eigenvalue weighted by atomic mass is 32.1. The van der Waals surface area contributed by atoms with Gasteiger partial charge in [-0.25, -0.2) is 9.97 Å². The largest absolute Gasteiger partial charge is 0.305 e. The van der Waals surface area contributed by atoms with Crippen molar-refractivity contribution in [3.63, 3.8) is 0 Å². The quantitative estimate of drug-likeness (QED) is 0.589. The normalized spacial score (nSPS) is 11.2. The Morgan fingerprint density at radius 2 is 1.87 bits per heavy atom. The molecule has 0 bridgehead atoms. The van der Waals surface area contributed by atoms with Crippen molar-refractivity contribution < 1.29 is 0 Å². The van der Waals surface area contributed by atoms with Crippen LogP contribution in [0.25, 0.3) is 32.9 Å². The number of nitrogens with one attached hydrogen (secondary N) is 1. The highest BCUT2D eigenvalue weighted by Crippen LogP contribution is 2.35. The summed E-state index contributed by atoms with van der Waals surface area (Å²) >= 11 is 3.09. The maximum Gasteiger partial charge on any atom is 0.260 e. The summed E-state index contributed by atoms with van der Waals surface area (Å²) in [5.74, 6) is 0.535. The van der Waals surface area contributed by atoms with Gasteiger partial charge in [-0.15, -0.1) is 22.7 Å². The number of hydrogen-bond donors (Lipinski definition) is 1. The van der Waals surface area contributed by atoms with Gasteiger partial charge in [0.25, 0.3) is 5.56 Å². The van der Waals surface area contributed by atoms with Crippen molar-refractivity contribution in [2.24, 2.45) is 0 Å². The van der Waals surface area contributed by atoms with Crippen LogP contribution in [0.3, 0.4) is 0 Å². The molecule has 0 saturated carbocycles. The van der Waals surface area contributed by atoms with E-state index in [1.54, 1.807) is 22.7 Å². The number of fused-ring (bicyclic) bond motifs is 1. The van der Waals surface area contributed by atoms with Crippen LogP contribution in [0.15, 0.2) is 40.5 Å². The lowest BCUT2D eigenvalue weighted by molar-refractivity contribution is 1.15. The minimum atomic E-state index is -0.112. The predicted octanol–water partition coefficient (Wildman–Crippen LogP) is 4.39. The Labute approximate surface area is 140 Å². The van der Waals surface area contributed by atoms with Gasteiger partial charge in [0.05, 0.1) is 10.4 Å². The van der Waals surface area contributed by atoms with Crippen LogP contribution in [-0.2, 0) is 0 Å². The Morgan fingerprint density at radius 1 is 1.09 bits per heavy atom. The van der Waals surface area contributed by atoms with E-state index < -0.39 is 0 Å². The predicted molar refractivity (Wildman–Crippen MR) is 96.3 cm³/mol. The molecule has 0 unspecified atom stereocenters. The third-order valence-electron chi connectivity index (χ3n) is 3.66.